The predicted octanol–water partition coefficient (Wildman–Crippen LogP) is 3.95. The van der Waals surface area contributed by atoms with Gasteiger partial charge in [0.05, 0.1) is 13.0 Å². The maximum Gasteiger partial charge on any atom is 0.434 e. The normalized spacial score (nSPS) is 13.9. The molecule has 0 radical (unpaired) electrons. The summed E-state index contributed by atoms with van der Waals surface area (Å²) >= 11 is 0.836. The van der Waals surface area contributed by atoms with E-state index in [1.165, 1.54) is 26.4 Å². The van der Waals surface area contributed by atoms with Gasteiger partial charge in [0.2, 0.25) is 5.90 Å². The summed E-state index contributed by atoms with van der Waals surface area (Å²) in [5, 5.41) is 16.9. The third-order valence-corrected chi connectivity index (χ3v) is 5.46. The van der Waals surface area contributed by atoms with E-state index in [9.17, 15) is 18.0 Å². The first-order valence-corrected chi connectivity index (χ1v) is 11.4. The molecular weight excluding hydrogens is 497 g/mol. The Balaban J connectivity index is 2.59. The smallest absolute Gasteiger partial charge is 0.434 e. The van der Waals surface area contributed by atoms with Gasteiger partial charge >= 0.3 is 12.2 Å². The van der Waals surface area contributed by atoms with Gasteiger partial charge in [-0.3, -0.25) is 10.3 Å². The van der Waals surface area contributed by atoms with Gasteiger partial charge in [-0.2, -0.15) is 18.3 Å². The molecule has 0 aromatic carbocycles. The highest BCUT2D eigenvalue weighted by atomic mass is 32.1. The minimum atomic E-state index is -4.59. The van der Waals surface area contributed by atoms with Gasteiger partial charge in [-0.25, -0.2) is 14.8 Å². The summed E-state index contributed by atoms with van der Waals surface area (Å²) < 4.78 is 45.0. The van der Waals surface area contributed by atoms with Gasteiger partial charge in [0, 0.05) is 55.8 Å². The summed E-state index contributed by atoms with van der Waals surface area (Å²) in [6.07, 6.45) is 1.80. The van der Waals surface area contributed by atoms with Gasteiger partial charge in [-0.05, 0) is 25.6 Å². The number of carbonyl (C=O) groups is 1. The van der Waals surface area contributed by atoms with E-state index in [1.54, 1.807) is 39.5 Å². The SMILES string of the molecule is CN=CC(/C=C(\C)c1cnc(NC(=O)NC)cc1-c1nc(C(F)(F)F)cs1)/C(=N\N=C/CNC)OC. The highest BCUT2D eigenvalue weighted by molar-refractivity contribution is 7.13. The number of nitrogens with zero attached hydrogens (tertiary/aromatic N) is 5. The number of nitrogens with one attached hydrogen (secondary N) is 3. The van der Waals surface area contributed by atoms with Crippen LogP contribution in [0.2, 0.25) is 0 Å². The number of anilines is 1. The standard InChI is InChI=1S/C22H27F3N8O2S/c1-13(8-14(10-27-3)19(35-5)33-30-7-6-26-2)16-11-29-18(32-21(34)28-4)9-15(16)20-31-17(12-36-20)22(23,24)25/h7-12,14,26H,6H2,1-5H3,(H2,28,29,32,34)/b13-8+,27-10?,30-7-,33-19+. The Labute approximate surface area is 210 Å². The first kappa shape index (κ1) is 28.6. The first-order valence-electron chi connectivity index (χ1n) is 10.6. The van der Waals surface area contributed by atoms with Gasteiger partial charge in [-0.15, -0.1) is 16.4 Å². The molecule has 0 spiro atoms. The molecule has 14 heteroatoms. The fourth-order valence-electron chi connectivity index (χ4n) is 2.89. The highest BCUT2D eigenvalue weighted by Crippen LogP contribution is 2.37. The van der Waals surface area contributed by atoms with E-state index in [4.69, 9.17) is 4.74 Å². The molecule has 0 bridgehead atoms. The number of amides is 2. The fraction of sp³-hybridized carbons (Fsp3) is 0.364. The van der Waals surface area contributed by atoms with Gasteiger partial charge in [0.25, 0.3) is 0 Å². The number of aliphatic imine (C=N–C) groups is 1. The minimum absolute atomic E-state index is 0.116. The van der Waals surface area contributed by atoms with Crippen molar-refractivity contribution in [2.75, 3.05) is 40.1 Å². The fourth-order valence-corrected chi connectivity index (χ4v) is 3.75. The number of allylic oxidation sites excluding steroid dienone is 1. The van der Waals surface area contributed by atoms with Gasteiger partial charge in [0.1, 0.15) is 10.8 Å². The van der Waals surface area contributed by atoms with Gasteiger partial charge in [0.15, 0.2) is 5.69 Å². The van der Waals surface area contributed by atoms with Crippen molar-refractivity contribution in [2.45, 2.75) is 13.1 Å². The van der Waals surface area contributed by atoms with Gasteiger partial charge in [-0.1, -0.05) is 6.08 Å². The number of urea groups is 1. The molecule has 1 atom stereocenters. The quantitative estimate of drug-likeness (QED) is 0.260. The molecule has 194 valence electrons. The largest absolute Gasteiger partial charge is 0.482 e. The van der Waals surface area contributed by atoms with Crippen LogP contribution in [0, 0.1) is 5.92 Å². The Kier molecular flexibility index (Phi) is 10.7. The van der Waals surface area contributed by atoms with Crippen molar-refractivity contribution in [3.05, 3.63) is 35.0 Å². The number of hydrogen-bond acceptors (Lipinski definition) is 9. The predicted molar refractivity (Wildman–Crippen MR) is 137 cm³/mol. The van der Waals surface area contributed by atoms with Crippen LogP contribution >= 0.6 is 11.3 Å². The summed E-state index contributed by atoms with van der Waals surface area (Å²) in [4.78, 5) is 23.8. The molecule has 0 aliphatic rings. The lowest BCUT2D eigenvalue weighted by Crippen LogP contribution is -2.25. The number of halogens is 3. The summed E-state index contributed by atoms with van der Waals surface area (Å²) in [6, 6.07) is 0.944. The number of aromatic nitrogens is 2. The van der Waals surface area contributed by atoms with E-state index in [0.29, 0.717) is 23.2 Å². The average molecular weight is 525 g/mol. The Bertz CT molecular complexity index is 1160. The van der Waals surface area contributed by atoms with Crippen molar-refractivity contribution < 1.29 is 22.7 Å². The zero-order chi connectivity index (χ0) is 26.7. The molecule has 2 heterocycles. The lowest BCUT2D eigenvalue weighted by Gasteiger charge is -2.14. The second kappa shape index (κ2) is 13.4. The van der Waals surface area contributed by atoms with E-state index in [0.717, 1.165) is 16.7 Å². The molecule has 0 fully saturated rings. The molecule has 2 rings (SSSR count). The van der Waals surface area contributed by atoms with E-state index in [-0.39, 0.29) is 16.7 Å². The van der Waals surface area contributed by atoms with Crippen molar-refractivity contribution in [1.82, 2.24) is 20.6 Å². The molecule has 0 saturated heterocycles. The molecule has 2 aromatic heterocycles. The van der Waals surface area contributed by atoms with Crippen molar-refractivity contribution in [3.63, 3.8) is 0 Å². The molecule has 3 N–H and O–H groups in total. The number of rotatable bonds is 9. The van der Waals surface area contributed by atoms with E-state index < -0.39 is 23.8 Å². The monoisotopic (exact) mass is 524 g/mol. The molecule has 2 aromatic rings. The third-order valence-electron chi connectivity index (χ3n) is 4.59. The Morgan fingerprint density at radius 3 is 2.67 bits per heavy atom. The second-order valence-corrected chi connectivity index (χ2v) is 7.99. The number of thiazole rings is 1. The lowest BCUT2D eigenvalue weighted by atomic mass is 9.99. The Morgan fingerprint density at radius 2 is 2.08 bits per heavy atom. The molecule has 0 saturated carbocycles. The zero-order valence-corrected chi connectivity index (χ0v) is 21.2. The van der Waals surface area contributed by atoms with Crippen LogP contribution in [0.4, 0.5) is 23.8 Å². The van der Waals surface area contributed by atoms with E-state index >= 15 is 0 Å². The van der Waals surface area contributed by atoms with E-state index in [1.807, 2.05) is 0 Å². The number of hydrogen-bond donors (Lipinski definition) is 3. The number of methoxy groups -OCH3 is 1. The molecule has 0 aliphatic heterocycles. The number of pyridine rings is 1. The lowest BCUT2D eigenvalue weighted by molar-refractivity contribution is -0.140. The minimum Gasteiger partial charge on any atom is -0.482 e. The van der Waals surface area contributed by atoms with E-state index in [2.05, 4.69) is 41.1 Å². The van der Waals surface area contributed by atoms with Crippen LogP contribution in [0.3, 0.4) is 0 Å². The number of carbonyl (C=O) groups excluding carboxylic acids is 1. The number of alkyl halides is 3. The van der Waals surface area contributed by atoms with Crippen molar-refractivity contribution in [2.24, 2.45) is 21.1 Å². The molecular formula is C22H27F3N8O2S. The molecule has 2 amide bonds. The van der Waals surface area contributed by atoms with Gasteiger partial charge < -0.3 is 15.4 Å². The Hall–Kier alpha value is -3.65. The van der Waals surface area contributed by atoms with Crippen LogP contribution < -0.4 is 16.0 Å². The van der Waals surface area contributed by atoms with Crippen LogP contribution in [0.1, 0.15) is 18.2 Å². The summed E-state index contributed by atoms with van der Waals surface area (Å²) in [5.41, 5.74) is 0.503. The molecule has 0 aliphatic carbocycles. The zero-order valence-electron chi connectivity index (χ0n) is 20.3. The van der Waals surface area contributed by atoms with Crippen LogP contribution in [0.25, 0.3) is 16.1 Å². The average Bonchev–Trinajstić information content (AvgIpc) is 3.35. The van der Waals surface area contributed by atoms with Crippen LogP contribution in [0.15, 0.2) is 38.9 Å². The second-order valence-electron chi connectivity index (χ2n) is 7.14. The molecule has 10 nitrogen and oxygen atoms in total. The first-order chi connectivity index (χ1) is 17.1. The summed E-state index contributed by atoms with van der Waals surface area (Å²) in [6.45, 7) is 2.28. The van der Waals surface area contributed by atoms with Crippen molar-refractivity contribution in [1.29, 1.82) is 0 Å². The third kappa shape index (κ3) is 7.95. The topological polar surface area (TPSA) is 125 Å². The molecule has 1 unspecified atom stereocenters. The van der Waals surface area contributed by atoms with Crippen molar-refractivity contribution in [3.8, 4) is 10.6 Å². The van der Waals surface area contributed by atoms with Crippen molar-refractivity contribution >= 4 is 47.1 Å². The highest BCUT2D eigenvalue weighted by Gasteiger charge is 2.34. The summed E-state index contributed by atoms with van der Waals surface area (Å²) in [7, 11) is 6.24. The van der Waals surface area contributed by atoms with Crippen LogP contribution in [-0.2, 0) is 10.9 Å². The Morgan fingerprint density at radius 1 is 1.33 bits per heavy atom. The van der Waals surface area contributed by atoms with Crippen LogP contribution in [0.5, 0.6) is 0 Å². The summed E-state index contributed by atoms with van der Waals surface area (Å²) in [5.74, 6) is -0.118. The maximum atomic E-state index is 13.2. The molecule has 36 heavy (non-hydrogen) atoms. The number of ether oxygens (including phenoxy) is 1. The maximum absolute atomic E-state index is 13.2. The van der Waals surface area contributed by atoms with Crippen LogP contribution in [-0.4, -0.2) is 69.1 Å².